The Hall–Kier alpha value is -2.92. The maximum atomic E-state index is 12.4. The molecule has 0 radical (unpaired) electrons. The number of aryl methyl sites for hydroxylation is 1. The summed E-state index contributed by atoms with van der Waals surface area (Å²) in [6.07, 6.45) is 1.74. The highest BCUT2D eigenvalue weighted by Crippen LogP contribution is 2.37. The minimum atomic E-state index is -0.368. The number of benzene rings is 2. The predicted octanol–water partition coefficient (Wildman–Crippen LogP) is 4.30. The molecule has 0 saturated heterocycles. The van der Waals surface area contributed by atoms with Gasteiger partial charge in [-0.3, -0.25) is 15.1 Å². The van der Waals surface area contributed by atoms with Crippen LogP contribution in [0.3, 0.4) is 0 Å². The highest BCUT2D eigenvalue weighted by Gasteiger charge is 2.36. The van der Waals surface area contributed by atoms with Crippen LogP contribution in [0.1, 0.15) is 16.7 Å². The number of nitrogens with zero attached hydrogens (tertiary/aromatic N) is 2. The second kappa shape index (κ2) is 6.18. The molecule has 2 aromatic carbocycles. The molecule has 4 rings (SSSR count). The fraction of sp³-hybridized carbons (Fsp3) is 0.0500. The van der Waals surface area contributed by atoms with Crippen molar-refractivity contribution in [3.63, 3.8) is 0 Å². The lowest BCUT2D eigenvalue weighted by atomic mass is 10.0. The van der Waals surface area contributed by atoms with Gasteiger partial charge in [-0.15, -0.1) is 0 Å². The van der Waals surface area contributed by atoms with Crippen molar-refractivity contribution in [3.05, 3.63) is 82.3 Å². The Kier molecular flexibility index (Phi) is 3.86. The Balaban J connectivity index is 1.75. The minimum absolute atomic E-state index is 0.164. The van der Waals surface area contributed by atoms with Crippen molar-refractivity contribution in [3.8, 4) is 0 Å². The van der Waals surface area contributed by atoms with Crippen LogP contribution in [0, 0.1) is 12.3 Å². The number of amides is 1. The van der Waals surface area contributed by atoms with E-state index in [2.05, 4.69) is 4.99 Å². The van der Waals surface area contributed by atoms with Gasteiger partial charge in [0, 0.05) is 5.41 Å². The quantitative estimate of drug-likeness (QED) is 0.826. The van der Waals surface area contributed by atoms with E-state index in [-0.39, 0.29) is 11.7 Å². The van der Waals surface area contributed by atoms with Gasteiger partial charge >= 0.3 is 0 Å². The minimum Gasteiger partial charge on any atom is -0.283 e. The smallest absolute Gasteiger partial charge is 0.283 e. The molecular formula is C20H15N3OS. The van der Waals surface area contributed by atoms with Gasteiger partial charge in [0.05, 0.1) is 11.3 Å². The Morgan fingerprint density at radius 3 is 2.68 bits per heavy atom. The molecule has 1 amide bonds. The summed E-state index contributed by atoms with van der Waals surface area (Å²) in [5.41, 5.74) is 4.17. The highest BCUT2D eigenvalue weighted by molar-refractivity contribution is 8.17. The van der Waals surface area contributed by atoms with Crippen LogP contribution in [0.2, 0.25) is 0 Å². The van der Waals surface area contributed by atoms with Crippen LogP contribution in [0.4, 0.5) is 0 Å². The number of carbonyl (C=O) groups excluding carboxylic acids is 1. The number of rotatable bonds is 2. The largest absolute Gasteiger partial charge is 0.283 e. The van der Waals surface area contributed by atoms with Gasteiger partial charge in [-0.2, -0.15) is 4.99 Å². The second-order valence-electron chi connectivity index (χ2n) is 5.84. The molecule has 2 aliphatic heterocycles. The highest BCUT2D eigenvalue weighted by atomic mass is 32.2. The number of hydrogen-bond acceptors (Lipinski definition) is 3. The summed E-state index contributed by atoms with van der Waals surface area (Å²) in [5.74, 6) is -0.204. The molecule has 0 aliphatic carbocycles. The van der Waals surface area contributed by atoms with Gasteiger partial charge < -0.3 is 0 Å². The van der Waals surface area contributed by atoms with E-state index in [1.54, 1.807) is 11.0 Å². The average Bonchev–Trinajstić information content (AvgIpc) is 3.03. The van der Waals surface area contributed by atoms with Crippen molar-refractivity contribution < 1.29 is 4.79 Å². The normalized spacial score (nSPS) is 18.3. The van der Waals surface area contributed by atoms with Crippen molar-refractivity contribution in [1.29, 1.82) is 5.41 Å². The van der Waals surface area contributed by atoms with Crippen LogP contribution in [0.25, 0.3) is 11.8 Å². The molecule has 0 bridgehead atoms. The maximum absolute atomic E-state index is 12.4. The van der Waals surface area contributed by atoms with Gasteiger partial charge in [0.2, 0.25) is 0 Å². The fourth-order valence-corrected chi connectivity index (χ4v) is 3.73. The zero-order chi connectivity index (χ0) is 17.4. The summed E-state index contributed by atoms with van der Waals surface area (Å²) in [5, 5.41) is 11.1. The first-order valence-corrected chi connectivity index (χ1v) is 8.74. The van der Waals surface area contributed by atoms with Crippen LogP contribution >= 0.6 is 11.8 Å². The number of amidine groups is 2. The van der Waals surface area contributed by atoms with E-state index in [9.17, 15) is 4.79 Å². The van der Waals surface area contributed by atoms with Gasteiger partial charge in [0.15, 0.2) is 5.17 Å². The number of thioether (sulfide) groups is 1. The molecule has 25 heavy (non-hydrogen) atoms. The molecule has 0 unspecified atom stereocenters. The third kappa shape index (κ3) is 2.83. The summed E-state index contributed by atoms with van der Waals surface area (Å²) >= 11 is 1.37. The van der Waals surface area contributed by atoms with Gasteiger partial charge in [-0.25, -0.2) is 0 Å². The van der Waals surface area contributed by atoms with E-state index in [1.807, 2.05) is 66.9 Å². The molecule has 0 aromatic heterocycles. The molecule has 5 heteroatoms. The fourth-order valence-electron chi connectivity index (χ4n) is 2.84. The molecular weight excluding hydrogens is 330 g/mol. The lowest BCUT2D eigenvalue weighted by Crippen LogP contribution is -2.38. The first-order valence-electron chi connectivity index (χ1n) is 7.86. The van der Waals surface area contributed by atoms with Gasteiger partial charge in [0.1, 0.15) is 5.84 Å². The van der Waals surface area contributed by atoms with E-state index < -0.39 is 0 Å². The van der Waals surface area contributed by atoms with Crippen molar-refractivity contribution in [1.82, 2.24) is 4.90 Å². The number of hydrogen-bond donors (Lipinski definition) is 1. The maximum Gasteiger partial charge on any atom is 0.283 e. The number of carbonyl (C=O) groups is 1. The SMILES string of the molecule is Cc1cccc(/C=C2/C(=N)N3C(c4ccccc4)=CSC3=NC2=O)c1. The van der Waals surface area contributed by atoms with Crippen LogP contribution in [-0.4, -0.2) is 21.8 Å². The molecule has 4 nitrogen and oxygen atoms in total. The second-order valence-corrected chi connectivity index (χ2v) is 6.68. The van der Waals surface area contributed by atoms with E-state index >= 15 is 0 Å². The Labute approximate surface area is 150 Å². The summed E-state index contributed by atoms with van der Waals surface area (Å²) in [6.45, 7) is 2.00. The van der Waals surface area contributed by atoms with Crippen molar-refractivity contribution in [2.75, 3.05) is 0 Å². The van der Waals surface area contributed by atoms with E-state index in [4.69, 9.17) is 5.41 Å². The van der Waals surface area contributed by atoms with Crippen LogP contribution in [0.5, 0.6) is 0 Å². The Morgan fingerprint density at radius 1 is 1.12 bits per heavy atom. The van der Waals surface area contributed by atoms with Crippen LogP contribution in [0.15, 0.2) is 70.6 Å². The first kappa shape index (κ1) is 15.6. The number of fused-ring (bicyclic) bond motifs is 1. The molecule has 0 spiro atoms. The number of nitrogens with one attached hydrogen (secondary N) is 1. The monoisotopic (exact) mass is 345 g/mol. The predicted molar refractivity (Wildman–Crippen MR) is 103 cm³/mol. The number of aliphatic imine (C=N–C) groups is 1. The van der Waals surface area contributed by atoms with Crippen LogP contribution in [-0.2, 0) is 4.79 Å². The molecule has 2 aromatic rings. The van der Waals surface area contributed by atoms with Crippen molar-refractivity contribution in [2.24, 2.45) is 4.99 Å². The van der Waals surface area contributed by atoms with Crippen molar-refractivity contribution in [2.45, 2.75) is 6.92 Å². The van der Waals surface area contributed by atoms with E-state index in [1.165, 1.54) is 11.8 Å². The molecule has 0 atom stereocenters. The lowest BCUT2D eigenvalue weighted by Gasteiger charge is -2.26. The zero-order valence-electron chi connectivity index (χ0n) is 13.6. The molecule has 0 fully saturated rings. The molecule has 122 valence electrons. The van der Waals surface area contributed by atoms with Crippen molar-refractivity contribution >= 4 is 40.4 Å². The Morgan fingerprint density at radius 2 is 1.92 bits per heavy atom. The van der Waals surface area contributed by atoms with E-state index in [0.717, 1.165) is 22.4 Å². The van der Waals surface area contributed by atoms with Gasteiger partial charge in [0.25, 0.3) is 5.91 Å². The topological polar surface area (TPSA) is 56.5 Å². The summed E-state index contributed by atoms with van der Waals surface area (Å²) < 4.78 is 0. The lowest BCUT2D eigenvalue weighted by molar-refractivity contribution is -0.114. The first-order chi connectivity index (χ1) is 12.1. The van der Waals surface area contributed by atoms with E-state index in [0.29, 0.717) is 10.7 Å². The average molecular weight is 345 g/mol. The third-order valence-corrected chi connectivity index (χ3v) is 4.86. The third-order valence-electron chi connectivity index (χ3n) is 4.04. The summed E-state index contributed by atoms with van der Waals surface area (Å²) in [7, 11) is 0. The van der Waals surface area contributed by atoms with Gasteiger partial charge in [-0.1, -0.05) is 71.9 Å². The molecule has 2 heterocycles. The van der Waals surface area contributed by atoms with Gasteiger partial charge in [-0.05, 0) is 24.1 Å². The molecule has 1 N–H and O–H groups in total. The Bertz CT molecular complexity index is 973. The summed E-state index contributed by atoms with van der Waals surface area (Å²) in [4.78, 5) is 18.3. The zero-order valence-corrected chi connectivity index (χ0v) is 14.4. The summed E-state index contributed by atoms with van der Waals surface area (Å²) in [6, 6.07) is 17.7. The molecule has 2 aliphatic rings. The standard InChI is InChI=1S/C20H15N3OS/c1-13-6-5-7-14(10-13)11-16-18(21)23-17(15-8-3-2-4-9-15)12-25-20(23)22-19(16)24/h2-12,21H,1H3/b16-11-,21-18?. The molecule has 0 saturated carbocycles. The van der Waals surface area contributed by atoms with Crippen LogP contribution < -0.4 is 0 Å².